The maximum atomic E-state index is 5.99. The molecule has 0 aliphatic rings. The van der Waals surface area contributed by atoms with Gasteiger partial charge in [-0.25, -0.2) is 9.97 Å². The van der Waals surface area contributed by atoms with Crippen molar-refractivity contribution in [2.24, 2.45) is 0 Å². The average molecular weight is 320 g/mol. The van der Waals surface area contributed by atoms with Crippen molar-refractivity contribution < 1.29 is 0 Å². The maximum absolute atomic E-state index is 5.99. The fraction of sp³-hybridized carbons (Fsp3) is 0.214. The van der Waals surface area contributed by atoms with Gasteiger partial charge in [-0.05, 0) is 30.4 Å². The molecule has 0 unspecified atom stereocenters. The Bertz CT molecular complexity index is 758. The zero-order chi connectivity index (χ0) is 14.7. The molecule has 7 heteroatoms. The Morgan fingerprint density at radius 2 is 2.24 bits per heavy atom. The van der Waals surface area contributed by atoms with Gasteiger partial charge in [0.25, 0.3) is 0 Å². The summed E-state index contributed by atoms with van der Waals surface area (Å²) < 4.78 is 0. The third-order valence-electron chi connectivity index (χ3n) is 3.11. The lowest BCUT2D eigenvalue weighted by atomic mass is 10.1. The summed E-state index contributed by atoms with van der Waals surface area (Å²) in [7, 11) is 0. The molecule has 108 valence electrons. The summed E-state index contributed by atoms with van der Waals surface area (Å²) in [5.74, 6) is 0.806. The molecule has 0 saturated heterocycles. The highest BCUT2D eigenvalue weighted by Crippen LogP contribution is 2.27. The summed E-state index contributed by atoms with van der Waals surface area (Å²) in [6, 6.07) is 7.88. The SMILES string of the molecule is CSc1n[nH]c2ncnc(NCCc3cccc(Cl)c3)c12. The number of fused-ring (bicyclic) bond motifs is 1. The van der Waals surface area contributed by atoms with Crippen LogP contribution in [-0.4, -0.2) is 33.0 Å². The van der Waals surface area contributed by atoms with Crippen molar-refractivity contribution in [2.45, 2.75) is 11.4 Å². The Morgan fingerprint density at radius 1 is 1.33 bits per heavy atom. The van der Waals surface area contributed by atoms with Crippen LogP contribution >= 0.6 is 23.4 Å². The number of H-pyrrole nitrogens is 1. The minimum atomic E-state index is 0.750. The topological polar surface area (TPSA) is 66.5 Å². The number of hydrogen-bond donors (Lipinski definition) is 2. The Balaban J connectivity index is 1.75. The predicted octanol–water partition coefficient (Wildman–Crippen LogP) is 3.38. The first kappa shape index (κ1) is 14.2. The minimum Gasteiger partial charge on any atom is -0.369 e. The zero-order valence-electron chi connectivity index (χ0n) is 11.4. The monoisotopic (exact) mass is 319 g/mol. The Labute approximate surface area is 131 Å². The molecule has 1 aromatic carbocycles. The van der Waals surface area contributed by atoms with Gasteiger partial charge in [0.15, 0.2) is 5.65 Å². The van der Waals surface area contributed by atoms with Gasteiger partial charge >= 0.3 is 0 Å². The van der Waals surface area contributed by atoms with Crippen LogP contribution in [0.2, 0.25) is 5.02 Å². The zero-order valence-corrected chi connectivity index (χ0v) is 13.0. The van der Waals surface area contributed by atoms with Crippen LogP contribution < -0.4 is 5.32 Å². The first-order chi connectivity index (χ1) is 10.3. The van der Waals surface area contributed by atoms with Crippen molar-refractivity contribution in [3.63, 3.8) is 0 Å². The average Bonchev–Trinajstić information content (AvgIpc) is 2.91. The van der Waals surface area contributed by atoms with Gasteiger partial charge in [-0.15, -0.1) is 11.8 Å². The number of nitrogens with one attached hydrogen (secondary N) is 2. The smallest absolute Gasteiger partial charge is 0.161 e. The first-order valence-corrected chi connectivity index (χ1v) is 8.09. The van der Waals surface area contributed by atoms with Gasteiger partial charge in [-0.3, -0.25) is 5.10 Å². The van der Waals surface area contributed by atoms with Crippen LogP contribution in [-0.2, 0) is 6.42 Å². The van der Waals surface area contributed by atoms with Gasteiger partial charge in [-0.1, -0.05) is 23.7 Å². The third-order valence-corrected chi connectivity index (χ3v) is 4.03. The molecule has 0 bridgehead atoms. The summed E-state index contributed by atoms with van der Waals surface area (Å²) in [4.78, 5) is 8.50. The van der Waals surface area contributed by atoms with E-state index in [-0.39, 0.29) is 0 Å². The van der Waals surface area contributed by atoms with E-state index in [4.69, 9.17) is 11.6 Å². The van der Waals surface area contributed by atoms with E-state index in [2.05, 4.69) is 31.5 Å². The van der Waals surface area contributed by atoms with Crippen LogP contribution in [0.1, 0.15) is 5.56 Å². The lowest BCUT2D eigenvalue weighted by Gasteiger charge is -2.07. The molecule has 0 fully saturated rings. The van der Waals surface area contributed by atoms with Gasteiger partial charge in [0.05, 0.1) is 5.39 Å². The van der Waals surface area contributed by atoms with Crippen molar-refractivity contribution in [2.75, 3.05) is 18.1 Å². The number of hydrogen-bond acceptors (Lipinski definition) is 5. The standard InChI is InChI=1S/C14H14ClN5S/c1-21-14-11-12(17-8-18-13(11)19-20-14)16-6-5-9-3-2-4-10(15)7-9/h2-4,7-8H,5-6H2,1H3,(H2,16,17,18,19,20). The van der Waals surface area contributed by atoms with E-state index in [1.165, 1.54) is 11.9 Å². The summed E-state index contributed by atoms with van der Waals surface area (Å²) in [6.07, 6.45) is 4.39. The lowest BCUT2D eigenvalue weighted by Crippen LogP contribution is -2.07. The molecule has 0 spiro atoms. The number of aromatic amines is 1. The molecule has 0 saturated carbocycles. The summed E-state index contributed by atoms with van der Waals surface area (Å²) in [6.45, 7) is 0.769. The first-order valence-electron chi connectivity index (χ1n) is 6.49. The van der Waals surface area contributed by atoms with Crippen LogP contribution in [0.4, 0.5) is 5.82 Å². The number of thioether (sulfide) groups is 1. The molecular weight excluding hydrogens is 306 g/mol. The highest BCUT2D eigenvalue weighted by molar-refractivity contribution is 7.98. The van der Waals surface area contributed by atoms with Crippen LogP contribution in [0.25, 0.3) is 11.0 Å². The van der Waals surface area contributed by atoms with Gasteiger partial charge in [0.2, 0.25) is 0 Å². The molecule has 0 atom stereocenters. The van der Waals surface area contributed by atoms with Crippen molar-refractivity contribution in [1.29, 1.82) is 0 Å². The van der Waals surface area contributed by atoms with E-state index in [1.807, 2.05) is 24.5 Å². The van der Waals surface area contributed by atoms with E-state index in [0.29, 0.717) is 0 Å². The van der Waals surface area contributed by atoms with Gasteiger partial charge in [0.1, 0.15) is 17.2 Å². The van der Waals surface area contributed by atoms with E-state index in [1.54, 1.807) is 11.8 Å². The Kier molecular flexibility index (Phi) is 4.26. The number of anilines is 1. The molecule has 0 amide bonds. The molecule has 21 heavy (non-hydrogen) atoms. The number of rotatable bonds is 5. The van der Waals surface area contributed by atoms with Crippen LogP contribution in [0.3, 0.4) is 0 Å². The maximum Gasteiger partial charge on any atom is 0.161 e. The molecule has 3 rings (SSSR count). The van der Waals surface area contributed by atoms with Crippen LogP contribution in [0.5, 0.6) is 0 Å². The minimum absolute atomic E-state index is 0.750. The second-order valence-electron chi connectivity index (χ2n) is 4.49. The molecule has 2 aromatic heterocycles. The van der Waals surface area contributed by atoms with Crippen LogP contribution in [0.15, 0.2) is 35.6 Å². The molecule has 0 aliphatic carbocycles. The van der Waals surface area contributed by atoms with E-state index in [9.17, 15) is 0 Å². The molecule has 2 N–H and O–H groups in total. The highest BCUT2D eigenvalue weighted by Gasteiger charge is 2.11. The van der Waals surface area contributed by atoms with Gasteiger partial charge in [-0.2, -0.15) is 5.10 Å². The lowest BCUT2D eigenvalue weighted by molar-refractivity contribution is 1.01. The number of aromatic nitrogens is 4. The van der Waals surface area contributed by atoms with E-state index < -0.39 is 0 Å². The Morgan fingerprint density at radius 3 is 3.05 bits per heavy atom. The molecular formula is C14H14ClN5S. The predicted molar refractivity (Wildman–Crippen MR) is 87.1 cm³/mol. The fourth-order valence-electron chi connectivity index (χ4n) is 2.13. The summed E-state index contributed by atoms with van der Waals surface area (Å²) >= 11 is 7.56. The summed E-state index contributed by atoms with van der Waals surface area (Å²) in [5.41, 5.74) is 1.94. The van der Waals surface area contributed by atoms with Gasteiger partial charge in [0, 0.05) is 11.6 Å². The largest absolute Gasteiger partial charge is 0.369 e. The second kappa shape index (κ2) is 6.32. The number of halogens is 1. The highest BCUT2D eigenvalue weighted by atomic mass is 35.5. The normalized spacial score (nSPS) is 11.0. The summed E-state index contributed by atoms with van der Waals surface area (Å²) in [5, 5.41) is 13.1. The van der Waals surface area contributed by atoms with E-state index >= 15 is 0 Å². The second-order valence-corrected chi connectivity index (χ2v) is 5.72. The molecule has 2 heterocycles. The fourth-order valence-corrected chi connectivity index (χ4v) is 2.88. The van der Waals surface area contributed by atoms with Crippen molar-refractivity contribution in [3.8, 4) is 0 Å². The number of benzene rings is 1. The Hall–Kier alpha value is -1.79. The number of nitrogens with zero attached hydrogens (tertiary/aromatic N) is 3. The van der Waals surface area contributed by atoms with Crippen LogP contribution in [0, 0.1) is 0 Å². The molecule has 3 aromatic rings. The molecule has 5 nitrogen and oxygen atoms in total. The van der Waals surface area contributed by atoms with Gasteiger partial charge < -0.3 is 5.32 Å². The van der Waals surface area contributed by atoms with Crippen molar-refractivity contribution in [3.05, 3.63) is 41.2 Å². The quantitative estimate of drug-likeness (QED) is 0.706. The van der Waals surface area contributed by atoms with Crippen molar-refractivity contribution >= 4 is 40.2 Å². The molecule has 0 aliphatic heterocycles. The molecule has 0 radical (unpaired) electrons. The van der Waals surface area contributed by atoms with E-state index in [0.717, 1.165) is 39.9 Å². The third kappa shape index (κ3) is 3.11. The van der Waals surface area contributed by atoms with Crippen molar-refractivity contribution in [1.82, 2.24) is 20.2 Å².